The molecule has 1 fully saturated rings. The number of nitrogens with zero attached hydrogens (tertiary/aromatic N) is 4. The first-order chi connectivity index (χ1) is 10.8. The van der Waals surface area contributed by atoms with Gasteiger partial charge in [0.05, 0.1) is 11.2 Å². The summed E-state index contributed by atoms with van der Waals surface area (Å²) in [6.45, 7) is 11.1. The molecule has 0 spiro atoms. The molecular formula is C16H25ClN4OS. The Bertz CT molecular complexity index is 554. The van der Waals surface area contributed by atoms with Gasteiger partial charge in [0.15, 0.2) is 10.9 Å². The highest BCUT2D eigenvalue weighted by atomic mass is 35.5. The number of halogens is 1. The number of aromatic nitrogens is 2. The lowest BCUT2D eigenvalue weighted by molar-refractivity contribution is 0.0617. The van der Waals surface area contributed by atoms with Gasteiger partial charge in [-0.15, -0.1) is 0 Å². The molecule has 0 unspecified atom stereocenters. The molecule has 0 N–H and O–H groups in total. The standard InChI is InChI=1S/C16H25ClN4OS/c1-16(2,3)5-6-20-7-9-21(10-8-20)14(22)13-12(17)11-18-15(19-13)23-4/h11H,5-10H2,1-4H3. The van der Waals surface area contributed by atoms with Gasteiger partial charge < -0.3 is 4.90 Å². The summed E-state index contributed by atoms with van der Waals surface area (Å²) in [5, 5.41) is 0.893. The summed E-state index contributed by atoms with van der Waals surface area (Å²) in [6, 6.07) is 0. The summed E-state index contributed by atoms with van der Waals surface area (Å²) < 4.78 is 0. The van der Waals surface area contributed by atoms with E-state index in [9.17, 15) is 4.79 Å². The Morgan fingerprint density at radius 1 is 1.30 bits per heavy atom. The lowest BCUT2D eigenvalue weighted by Gasteiger charge is -2.35. The van der Waals surface area contributed by atoms with Crippen LogP contribution in [0, 0.1) is 5.41 Å². The third kappa shape index (κ3) is 5.33. The molecule has 1 saturated heterocycles. The fourth-order valence-corrected chi connectivity index (χ4v) is 2.93. The van der Waals surface area contributed by atoms with E-state index in [4.69, 9.17) is 11.6 Å². The zero-order chi connectivity index (χ0) is 17.0. The van der Waals surface area contributed by atoms with Crippen molar-refractivity contribution in [3.8, 4) is 0 Å². The van der Waals surface area contributed by atoms with Crippen LogP contribution in [0.2, 0.25) is 5.02 Å². The quantitative estimate of drug-likeness (QED) is 0.613. The largest absolute Gasteiger partial charge is 0.335 e. The van der Waals surface area contributed by atoms with Crippen LogP contribution in [0.4, 0.5) is 0 Å². The van der Waals surface area contributed by atoms with Crippen LogP contribution >= 0.6 is 23.4 Å². The first-order valence-electron chi connectivity index (χ1n) is 7.88. The van der Waals surface area contributed by atoms with Crippen molar-refractivity contribution in [2.45, 2.75) is 32.3 Å². The van der Waals surface area contributed by atoms with Gasteiger partial charge in [-0.2, -0.15) is 0 Å². The molecule has 0 radical (unpaired) electrons. The number of carbonyl (C=O) groups is 1. The van der Waals surface area contributed by atoms with E-state index in [1.54, 1.807) is 0 Å². The molecule has 0 aliphatic carbocycles. The lowest BCUT2D eigenvalue weighted by Crippen LogP contribution is -2.49. The van der Waals surface area contributed by atoms with Gasteiger partial charge in [-0.1, -0.05) is 44.1 Å². The molecule has 2 heterocycles. The van der Waals surface area contributed by atoms with Gasteiger partial charge in [0.2, 0.25) is 0 Å². The van der Waals surface area contributed by atoms with Gasteiger partial charge in [0.1, 0.15) is 0 Å². The molecule has 1 aromatic rings. The monoisotopic (exact) mass is 356 g/mol. The van der Waals surface area contributed by atoms with Crippen LogP contribution < -0.4 is 0 Å². The second-order valence-corrected chi connectivity index (χ2v) is 8.18. The molecule has 0 aromatic carbocycles. The van der Waals surface area contributed by atoms with E-state index in [0.717, 1.165) is 39.1 Å². The van der Waals surface area contributed by atoms with E-state index >= 15 is 0 Å². The van der Waals surface area contributed by atoms with Crippen molar-refractivity contribution in [3.63, 3.8) is 0 Å². The van der Waals surface area contributed by atoms with Gasteiger partial charge in [-0.25, -0.2) is 9.97 Å². The molecule has 2 rings (SSSR count). The maximum absolute atomic E-state index is 12.6. The smallest absolute Gasteiger partial charge is 0.274 e. The minimum atomic E-state index is -0.0943. The first-order valence-corrected chi connectivity index (χ1v) is 9.48. The molecule has 1 amide bonds. The Kier molecular flexibility index (Phi) is 6.28. The van der Waals surface area contributed by atoms with E-state index in [-0.39, 0.29) is 5.91 Å². The Hall–Kier alpha value is -0.850. The van der Waals surface area contributed by atoms with Crippen LogP contribution in [0.25, 0.3) is 0 Å². The number of piperazine rings is 1. The number of hydrogen-bond donors (Lipinski definition) is 0. The van der Waals surface area contributed by atoms with Crippen LogP contribution in [-0.2, 0) is 0 Å². The lowest BCUT2D eigenvalue weighted by atomic mass is 9.92. The van der Waals surface area contributed by atoms with Crippen LogP contribution in [-0.4, -0.2) is 64.7 Å². The first kappa shape index (κ1) is 18.5. The van der Waals surface area contributed by atoms with Crippen molar-refractivity contribution in [2.75, 3.05) is 39.0 Å². The van der Waals surface area contributed by atoms with E-state index in [1.165, 1.54) is 18.0 Å². The molecule has 23 heavy (non-hydrogen) atoms. The summed E-state index contributed by atoms with van der Waals surface area (Å²) in [7, 11) is 0. The van der Waals surface area contributed by atoms with Gasteiger partial charge in [-0.05, 0) is 24.6 Å². The maximum Gasteiger partial charge on any atom is 0.274 e. The Morgan fingerprint density at radius 2 is 1.96 bits per heavy atom. The molecular weight excluding hydrogens is 332 g/mol. The SMILES string of the molecule is CSc1ncc(Cl)c(C(=O)N2CCN(CCC(C)(C)C)CC2)n1. The summed E-state index contributed by atoms with van der Waals surface area (Å²) in [5.74, 6) is -0.0943. The minimum absolute atomic E-state index is 0.0943. The van der Waals surface area contributed by atoms with E-state index in [0.29, 0.717) is 21.3 Å². The van der Waals surface area contributed by atoms with Gasteiger partial charge in [0.25, 0.3) is 5.91 Å². The zero-order valence-corrected chi connectivity index (χ0v) is 15.9. The van der Waals surface area contributed by atoms with E-state index in [2.05, 4.69) is 35.6 Å². The maximum atomic E-state index is 12.6. The molecule has 1 aromatic heterocycles. The van der Waals surface area contributed by atoms with Crippen molar-refractivity contribution in [1.82, 2.24) is 19.8 Å². The number of thioether (sulfide) groups is 1. The van der Waals surface area contributed by atoms with E-state index < -0.39 is 0 Å². The number of carbonyl (C=O) groups excluding carboxylic acids is 1. The summed E-state index contributed by atoms with van der Waals surface area (Å²) >= 11 is 7.51. The van der Waals surface area contributed by atoms with Gasteiger partial charge in [0, 0.05) is 26.2 Å². The van der Waals surface area contributed by atoms with Crippen molar-refractivity contribution in [3.05, 3.63) is 16.9 Å². The average molecular weight is 357 g/mol. The third-order valence-electron chi connectivity index (χ3n) is 3.94. The number of amides is 1. The van der Waals surface area contributed by atoms with Crippen molar-refractivity contribution in [2.24, 2.45) is 5.41 Å². The van der Waals surface area contributed by atoms with Crippen LogP contribution in [0.15, 0.2) is 11.4 Å². The van der Waals surface area contributed by atoms with Crippen LogP contribution in [0.1, 0.15) is 37.7 Å². The molecule has 1 aliphatic heterocycles. The van der Waals surface area contributed by atoms with Gasteiger partial charge in [-0.3, -0.25) is 9.69 Å². The summed E-state index contributed by atoms with van der Waals surface area (Å²) in [4.78, 5) is 25.2. The molecule has 1 aliphatic rings. The zero-order valence-electron chi connectivity index (χ0n) is 14.3. The second-order valence-electron chi connectivity index (χ2n) is 7.00. The van der Waals surface area contributed by atoms with Crippen molar-refractivity contribution in [1.29, 1.82) is 0 Å². The average Bonchev–Trinajstić information content (AvgIpc) is 2.52. The molecule has 0 saturated carbocycles. The third-order valence-corrected chi connectivity index (χ3v) is 4.78. The highest BCUT2D eigenvalue weighted by Gasteiger charge is 2.25. The van der Waals surface area contributed by atoms with E-state index in [1.807, 2.05) is 11.2 Å². The molecule has 0 bridgehead atoms. The highest BCUT2D eigenvalue weighted by molar-refractivity contribution is 7.98. The topological polar surface area (TPSA) is 49.3 Å². The highest BCUT2D eigenvalue weighted by Crippen LogP contribution is 2.21. The second kappa shape index (κ2) is 7.81. The number of hydrogen-bond acceptors (Lipinski definition) is 5. The van der Waals surface area contributed by atoms with Crippen LogP contribution in [0.3, 0.4) is 0 Å². The van der Waals surface area contributed by atoms with Crippen molar-refractivity contribution < 1.29 is 4.79 Å². The summed E-state index contributed by atoms with van der Waals surface area (Å²) in [6.07, 6.45) is 4.55. The fourth-order valence-electron chi connectivity index (χ4n) is 2.42. The summed E-state index contributed by atoms with van der Waals surface area (Å²) in [5.41, 5.74) is 0.657. The van der Waals surface area contributed by atoms with Gasteiger partial charge >= 0.3 is 0 Å². The normalized spacial score (nSPS) is 16.7. The van der Waals surface area contributed by atoms with Crippen molar-refractivity contribution >= 4 is 29.3 Å². The molecule has 7 heteroatoms. The molecule has 5 nitrogen and oxygen atoms in total. The predicted molar refractivity (Wildman–Crippen MR) is 95.2 cm³/mol. The van der Waals surface area contributed by atoms with Crippen LogP contribution in [0.5, 0.6) is 0 Å². The number of rotatable bonds is 4. The Morgan fingerprint density at radius 3 is 2.52 bits per heavy atom. The minimum Gasteiger partial charge on any atom is -0.335 e. The Balaban J connectivity index is 1.93. The molecule has 128 valence electrons. The molecule has 0 atom stereocenters. The Labute approximate surface area is 147 Å². The fraction of sp³-hybridized carbons (Fsp3) is 0.688. The predicted octanol–water partition coefficient (Wildman–Crippen LogP) is 3.05.